The van der Waals surface area contributed by atoms with Gasteiger partial charge in [0, 0.05) is 30.2 Å². The third-order valence-electron chi connectivity index (χ3n) is 5.04. The highest BCUT2D eigenvalue weighted by atomic mass is 16.2. The highest BCUT2D eigenvalue weighted by Gasteiger charge is 2.29. The lowest BCUT2D eigenvalue weighted by Gasteiger charge is -2.20. The zero-order valence-corrected chi connectivity index (χ0v) is 15.2. The number of aromatic amines is 1. The van der Waals surface area contributed by atoms with Crippen LogP contribution >= 0.6 is 0 Å². The molecule has 0 saturated heterocycles. The quantitative estimate of drug-likeness (QED) is 0.731. The Kier molecular flexibility index (Phi) is 4.62. The maximum atomic E-state index is 13.1. The number of benzene rings is 1. The Balaban J connectivity index is 1.65. The number of carbonyl (C=O) groups excluding carboxylic acids is 2. The summed E-state index contributed by atoms with van der Waals surface area (Å²) < 4.78 is 1.79. The molecule has 1 aliphatic carbocycles. The summed E-state index contributed by atoms with van der Waals surface area (Å²) >= 11 is 0. The van der Waals surface area contributed by atoms with Crippen molar-refractivity contribution in [2.75, 3.05) is 0 Å². The molecule has 0 radical (unpaired) electrons. The van der Waals surface area contributed by atoms with Gasteiger partial charge in [-0.2, -0.15) is 5.10 Å². The van der Waals surface area contributed by atoms with Crippen LogP contribution in [-0.4, -0.2) is 26.5 Å². The summed E-state index contributed by atoms with van der Waals surface area (Å²) in [5.41, 5.74) is 3.68. The van der Waals surface area contributed by atoms with Crippen LogP contribution in [0.15, 0.2) is 48.8 Å². The summed E-state index contributed by atoms with van der Waals surface area (Å²) in [7, 11) is 0. The van der Waals surface area contributed by atoms with Crippen molar-refractivity contribution in [3.8, 4) is 0 Å². The number of aromatic nitrogens is 3. The molecule has 6 heteroatoms. The Morgan fingerprint density at radius 3 is 2.81 bits per heavy atom. The molecule has 0 saturated carbocycles. The fraction of sp³-hybridized carbons (Fsp3) is 0.286. The molecule has 27 heavy (non-hydrogen) atoms. The van der Waals surface area contributed by atoms with Gasteiger partial charge in [-0.3, -0.25) is 14.3 Å². The van der Waals surface area contributed by atoms with Crippen LogP contribution in [-0.2, 0) is 13.0 Å². The molecule has 0 unspecified atom stereocenters. The third-order valence-corrected chi connectivity index (χ3v) is 5.04. The highest BCUT2D eigenvalue weighted by Crippen LogP contribution is 2.27. The molecule has 2 heterocycles. The van der Waals surface area contributed by atoms with E-state index >= 15 is 0 Å². The van der Waals surface area contributed by atoms with E-state index in [1.165, 1.54) is 0 Å². The van der Waals surface area contributed by atoms with E-state index in [1.54, 1.807) is 10.9 Å². The molecule has 2 N–H and O–H groups in total. The molecule has 6 nitrogen and oxygen atoms in total. The van der Waals surface area contributed by atoms with E-state index in [2.05, 4.69) is 15.4 Å². The minimum Gasteiger partial charge on any atom is -0.361 e. The summed E-state index contributed by atoms with van der Waals surface area (Å²) in [6.07, 6.45) is 5.73. The van der Waals surface area contributed by atoms with Crippen molar-refractivity contribution in [3.05, 3.63) is 76.9 Å². The van der Waals surface area contributed by atoms with Gasteiger partial charge in [0.2, 0.25) is 0 Å². The van der Waals surface area contributed by atoms with Gasteiger partial charge < -0.3 is 10.3 Å². The smallest absolute Gasteiger partial charge is 0.254 e. The number of Topliss-reactive ketones (excluding diaryl/α,β-unsaturated/α-hetero) is 1. The molecule has 1 amide bonds. The zero-order valence-electron chi connectivity index (χ0n) is 15.2. The standard InChI is InChI=1S/C21H22N4O2/c1-14-19(20-16(23-14)9-5-10-18(20)26)21(27)24-17(13-25-12-6-11-22-25)15-7-3-2-4-8-15/h2-4,6-8,11-12,17,23H,5,9-10,13H2,1H3,(H,24,27)/t17-/m1/s1. The molecule has 1 aliphatic rings. The fourth-order valence-corrected chi connectivity index (χ4v) is 3.77. The number of rotatable bonds is 5. The first-order valence-corrected chi connectivity index (χ1v) is 9.21. The van der Waals surface area contributed by atoms with Crippen LogP contribution in [0.2, 0.25) is 0 Å². The van der Waals surface area contributed by atoms with Gasteiger partial charge in [0.05, 0.1) is 23.7 Å². The van der Waals surface area contributed by atoms with Crippen molar-refractivity contribution >= 4 is 11.7 Å². The van der Waals surface area contributed by atoms with E-state index in [4.69, 9.17) is 0 Å². The first kappa shape index (κ1) is 17.3. The first-order valence-electron chi connectivity index (χ1n) is 9.21. The Morgan fingerprint density at radius 1 is 1.26 bits per heavy atom. The minimum atomic E-state index is -0.248. The number of amides is 1. The molecule has 0 aliphatic heterocycles. The fourth-order valence-electron chi connectivity index (χ4n) is 3.77. The van der Waals surface area contributed by atoms with Crippen LogP contribution in [0.5, 0.6) is 0 Å². The van der Waals surface area contributed by atoms with Crippen molar-refractivity contribution < 1.29 is 9.59 Å². The largest absolute Gasteiger partial charge is 0.361 e. The molecule has 4 rings (SSSR count). The predicted molar refractivity (Wildman–Crippen MR) is 102 cm³/mol. The first-order chi connectivity index (χ1) is 13.1. The molecular weight excluding hydrogens is 340 g/mol. The second-order valence-electron chi connectivity index (χ2n) is 6.92. The molecule has 2 aromatic heterocycles. The molecule has 3 aromatic rings. The summed E-state index contributed by atoms with van der Waals surface area (Å²) in [6, 6.07) is 11.4. The van der Waals surface area contributed by atoms with Crippen LogP contribution in [0.3, 0.4) is 0 Å². The lowest BCUT2D eigenvalue weighted by Crippen LogP contribution is -2.33. The van der Waals surface area contributed by atoms with Crippen LogP contribution in [0.4, 0.5) is 0 Å². The molecule has 0 bridgehead atoms. The van der Waals surface area contributed by atoms with Gasteiger partial charge in [-0.15, -0.1) is 0 Å². The van der Waals surface area contributed by atoms with Crippen molar-refractivity contribution in [2.45, 2.75) is 38.8 Å². The molecule has 0 spiro atoms. The van der Waals surface area contributed by atoms with Crippen LogP contribution in [0.25, 0.3) is 0 Å². The topological polar surface area (TPSA) is 79.8 Å². The van der Waals surface area contributed by atoms with Crippen molar-refractivity contribution in [1.29, 1.82) is 0 Å². The number of nitrogens with zero attached hydrogens (tertiary/aromatic N) is 2. The Bertz CT molecular complexity index is 958. The second kappa shape index (κ2) is 7.23. The summed E-state index contributed by atoms with van der Waals surface area (Å²) in [4.78, 5) is 28.8. The van der Waals surface area contributed by atoms with E-state index < -0.39 is 0 Å². The molecule has 1 aromatic carbocycles. The van der Waals surface area contributed by atoms with E-state index in [9.17, 15) is 9.59 Å². The number of hydrogen-bond acceptors (Lipinski definition) is 3. The molecule has 0 fully saturated rings. The number of ketones is 1. The highest BCUT2D eigenvalue weighted by molar-refractivity contribution is 6.10. The predicted octanol–water partition coefficient (Wildman–Crippen LogP) is 3.21. The summed E-state index contributed by atoms with van der Waals surface area (Å²) in [5, 5.41) is 7.37. The van der Waals surface area contributed by atoms with Crippen molar-refractivity contribution in [3.63, 3.8) is 0 Å². The summed E-state index contributed by atoms with van der Waals surface area (Å²) in [6.45, 7) is 2.37. The SMILES string of the molecule is Cc1[nH]c2c(c1C(=O)N[C@H](Cn1cccn1)c1ccccc1)C(=O)CCC2. The Morgan fingerprint density at radius 2 is 2.07 bits per heavy atom. The van der Waals surface area contributed by atoms with Crippen LogP contribution in [0, 0.1) is 6.92 Å². The van der Waals surface area contributed by atoms with E-state index in [1.807, 2.05) is 49.5 Å². The maximum Gasteiger partial charge on any atom is 0.254 e. The molecule has 138 valence electrons. The number of fused-ring (bicyclic) bond motifs is 1. The van der Waals surface area contributed by atoms with E-state index in [0.717, 1.165) is 29.8 Å². The van der Waals surface area contributed by atoms with Crippen LogP contribution < -0.4 is 5.32 Å². The average molecular weight is 362 g/mol. The van der Waals surface area contributed by atoms with Gasteiger partial charge in [0.25, 0.3) is 5.91 Å². The van der Waals surface area contributed by atoms with Gasteiger partial charge in [-0.1, -0.05) is 30.3 Å². The Labute approximate surface area is 157 Å². The van der Waals surface area contributed by atoms with Gasteiger partial charge >= 0.3 is 0 Å². The lowest BCUT2D eigenvalue weighted by molar-refractivity contribution is 0.0912. The van der Waals surface area contributed by atoms with Crippen LogP contribution in [0.1, 0.15) is 56.6 Å². The number of aryl methyl sites for hydroxylation is 2. The Hall–Kier alpha value is -3.15. The molecule has 1 atom stereocenters. The van der Waals surface area contributed by atoms with E-state index in [-0.39, 0.29) is 17.7 Å². The monoisotopic (exact) mass is 362 g/mol. The zero-order chi connectivity index (χ0) is 18.8. The average Bonchev–Trinajstić information content (AvgIpc) is 3.29. The van der Waals surface area contributed by atoms with Gasteiger partial charge in [0.1, 0.15) is 0 Å². The third kappa shape index (κ3) is 3.43. The second-order valence-corrected chi connectivity index (χ2v) is 6.92. The van der Waals surface area contributed by atoms with E-state index in [0.29, 0.717) is 24.1 Å². The lowest BCUT2D eigenvalue weighted by atomic mass is 9.92. The number of H-pyrrole nitrogens is 1. The van der Waals surface area contributed by atoms with Gasteiger partial charge in [-0.05, 0) is 31.4 Å². The molecular formula is C21H22N4O2. The van der Waals surface area contributed by atoms with Gasteiger partial charge in [0.15, 0.2) is 5.78 Å². The van der Waals surface area contributed by atoms with Gasteiger partial charge in [-0.25, -0.2) is 0 Å². The normalized spacial score (nSPS) is 14.6. The maximum absolute atomic E-state index is 13.1. The number of nitrogens with one attached hydrogen (secondary N) is 2. The van der Waals surface area contributed by atoms with Crippen molar-refractivity contribution in [2.24, 2.45) is 0 Å². The minimum absolute atomic E-state index is 0.0501. The summed E-state index contributed by atoms with van der Waals surface area (Å²) in [5.74, 6) is -0.171. The number of carbonyl (C=O) groups is 2. The van der Waals surface area contributed by atoms with Crippen molar-refractivity contribution in [1.82, 2.24) is 20.1 Å². The number of hydrogen-bond donors (Lipinski definition) is 2.